The number of anilines is 2. The van der Waals surface area contributed by atoms with Crippen molar-refractivity contribution in [2.45, 2.75) is 36.9 Å². The third kappa shape index (κ3) is 7.11. The van der Waals surface area contributed by atoms with Gasteiger partial charge in [-0.25, -0.2) is 8.42 Å². The summed E-state index contributed by atoms with van der Waals surface area (Å²) >= 11 is 0. The van der Waals surface area contributed by atoms with Gasteiger partial charge in [-0.15, -0.1) is 0 Å². The van der Waals surface area contributed by atoms with Crippen LogP contribution in [0.4, 0.5) is 24.5 Å². The van der Waals surface area contributed by atoms with E-state index in [9.17, 15) is 36.0 Å². The fourth-order valence-corrected chi connectivity index (χ4v) is 6.17. The predicted molar refractivity (Wildman–Crippen MR) is 143 cm³/mol. The third-order valence-corrected chi connectivity index (χ3v) is 8.30. The van der Waals surface area contributed by atoms with Gasteiger partial charge < -0.3 is 15.4 Å². The van der Waals surface area contributed by atoms with Crippen molar-refractivity contribution < 1.29 is 40.7 Å². The molecule has 3 aromatic rings. The number of nitrogens with one attached hydrogen (secondary N) is 2. The zero-order valence-electron chi connectivity index (χ0n) is 21.8. The van der Waals surface area contributed by atoms with Crippen LogP contribution in [0.15, 0.2) is 77.7 Å². The number of carbonyl (C=O) groups is 3. The highest BCUT2D eigenvalue weighted by atomic mass is 32.2. The van der Waals surface area contributed by atoms with Crippen LogP contribution in [0.1, 0.15) is 36.1 Å². The lowest BCUT2D eigenvalue weighted by molar-refractivity contribution is -0.148. The van der Waals surface area contributed by atoms with Crippen molar-refractivity contribution in [2.24, 2.45) is 0 Å². The average Bonchev–Trinajstić information content (AvgIpc) is 2.91. The maximum atomic E-state index is 13.6. The Labute approximate surface area is 234 Å². The van der Waals surface area contributed by atoms with Crippen LogP contribution in [0.3, 0.4) is 0 Å². The first kappa shape index (κ1) is 29.7. The zero-order chi connectivity index (χ0) is 29.8. The summed E-state index contributed by atoms with van der Waals surface area (Å²) in [6.45, 7) is 0.529. The van der Waals surface area contributed by atoms with E-state index in [0.717, 1.165) is 17.7 Å². The van der Waals surface area contributed by atoms with Crippen molar-refractivity contribution in [3.63, 3.8) is 0 Å². The maximum Gasteiger partial charge on any atom is 0.418 e. The minimum atomic E-state index is -4.70. The fourth-order valence-electron chi connectivity index (χ4n) is 4.57. The van der Waals surface area contributed by atoms with Crippen molar-refractivity contribution in [3.8, 4) is 0 Å². The van der Waals surface area contributed by atoms with E-state index >= 15 is 0 Å². The number of para-hydroxylation sites is 1. The summed E-state index contributed by atoms with van der Waals surface area (Å²) in [5.41, 5.74) is 0.321. The molecule has 0 spiro atoms. The second-order valence-electron chi connectivity index (χ2n) is 9.24. The Hall–Kier alpha value is -4.23. The number of benzene rings is 3. The molecule has 0 radical (unpaired) electrons. The molecule has 1 aliphatic rings. The van der Waals surface area contributed by atoms with Crippen LogP contribution in [0.5, 0.6) is 0 Å². The number of alkyl halides is 3. The lowest BCUT2D eigenvalue weighted by atomic mass is 9.92. The number of esters is 1. The minimum absolute atomic E-state index is 0.0490. The molecule has 0 aliphatic carbocycles. The van der Waals surface area contributed by atoms with E-state index in [1.807, 2.05) is 6.07 Å². The molecule has 0 saturated heterocycles. The van der Waals surface area contributed by atoms with Crippen LogP contribution in [-0.2, 0) is 41.7 Å². The molecule has 0 aromatic heterocycles. The Morgan fingerprint density at radius 1 is 0.951 bits per heavy atom. The molecule has 41 heavy (non-hydrogen) atoms. The molecular weight excluding hydrogens is 563 g/mol. The standard InChI is InChI=1S/C28H26F3N3O6S/c1-18(35)32-20-10-12-21(13-11-20)41(38,39)34-15-14-19-6-2-3-7-22(19)25(34)16-27(37)40-17-26(36)33-24-9-5-4-8-23(24)28(29,30)31/h2-13,25H,14-17H2,1H3,(H,32,35)(H,33,36)/t25-/m1/s1. The molecule has 1 atom stereocenters. The second kappa shape index (κ2) is 12.1. The van der Waals surface area contributed by atoms with Gasteiger partial charge in [-0.05, 0) is 53.9 Å². The number of halogens is 3. The van der Waals surface area contributed by atoms with E-state index in [0.29, 0.717) is 17.7 Å². The molecule has 2 N–H and O–H groups in total. The van der Waals surface area contributed by atoms with Crippen LogP contribution in [0.25, 0.3) is 0 Å². The molecule has 3 aromatic carbocycles. The second-order valence-corrected chi connectivity index (χ2v) is 11.1. The van der Waals surface area contributed by atoms with Gasteiger partial charge in [-0.2, -0.15) is 17.5 Å². The van der Waals surface area contributed by atoms with Crippen LogP contribution in [0, 0.1) is 0 Å². The van der Waals surface area contributed by atoms with Gasteiger partial charge in [0.1, 0.15) is 0 Å². The number of sulfonamides is 1. The van der Waals surface area contributed by atoms with Crippen molar-refractivity contribution >= 4 is 39.2 Å². The van der Waals surface area contributed by atoms with E-state index in [1.54, 1.807) is 18.2 Å². The largest absolute Gasteiger partial charge is 0.456 e. The Morgan fingerprint density at radius 2 is 1.61 bits per heavy atom. The van der Waals surface area contributed by atoms with Crippen molar-refractivity contribution in [2.75, 3.05) is 23.8 Å². The van der Waals surface area contributed by atoms with Gasteiger partial charge in [0.25, 0.3) is 5.91 Å². The van der Waals surface area contributed by atoms with Crippen LogP contribution in [-0.4, -0.2) is 43.7 Å². The molecule has 13 heteroatoms. The number of nitrogens with zero attached hydrogens (tertiary/aromatic N) is 1. The maximum absolute atomic E-state index is 13.6. The molecular formula is C28H26F3N3O6S. The van der Waals surface area contributed by atoms with E-state index < -0.39 is 58.4 Å². The van der Waals surface area contributed by atoms with Crippen molar-refractivity contribution in [1.29, 1.82) is 0 Å². The summed E-state index contributed by atoms with van der Waals surface area (Å²) in [5, 5.41) is 4.66. The molecule has 0 unspecified atom stereocenters. The fraction of sp³-hybridized carbons (Fsp3) is 0.250. The molecule has 216 valence electrons. The summed E-state index contributed by atoms with van der Waals surface area (Å²) in [6.07, 6.45) is -4.74. The first-order chi connectivity index (χ1) is 19.4. The first-order valence-corrected chi connectivity index (χ1v) is 13.9. The number of fused-ring (bicyclic) bond motifs is 1. The number of amides is 2. The highest BCUT2D eigenvalue weighted by molar-refractivity contribution is 7.89. The topological polar surface area (TPSA) is 122 Å². The van der Waals surface area contributed by atoms with Gasteiger partial charge in [0.15, 0.2) is 6.61 Å². The van der Waals surface area contributed by atoms with Gasteiger partial charge in [-0.1, -0.05) is 36.4 Å². The lowest BCUT2D eigenvalue weighted by Gasteiger charge is -2.36. The molecule has 0 fully saturated rings. The van der Waals surface area contributed by atoms with Crippen LogP contribution >= 0.6 is 0 Å². The van der Waals surface area contributed by atoms with Crippen molar-refractivity contribution in [3.05, 3.63) is 89.5 Å². The summed E-state index contributed by atoms with van der Waals surface area (Å²) in [4.78, 5) is 36.4. The number of hydrogen-bond donors (Lipinski definition) is 2. The smallest absolute Gasteiger partial charge is 0.418 e. The van der Waals surface area contributed by atoms with Gasteiger partial charge >= 0.3 is 12.1 Å². The minimum Gasteiger partial charge on any atom is -0.456 e. The third-order valence-electron chi connectivity index (χ3n) is 6.38. The molecule has 4 rings (SSSR count). The Bertz CT molecular complexity index is 1560. The zero-order valence-corrected chi connectivity index (χ0v) is 22.6. The van der Waals surface area contributed by atoms with E-state index in [-0.39, 0.29) is 17.3 Å². The summed E-state index contributed by atoms with van der Waals surface area (Å²) in [5.74, 6) is -2.21. The van der Waals surface area contributed by atoms with Gasteiger partial charge in [0, 0.05) is 19.2 Å². The monoisotopic (exact) mass is 589 g/mol. The quantitative estimate of drug-likeness (QED) is 0.373. The SMILES string of the molecule is CC(=O)Nc1ccc(S(=O)(=O)N2CCc3ccccc3[C@H]2CC(=O)OCC(=O)Nc2ccccc2C(F)(F)F)cc1. The lowest BCUT2D eigenvalue weighted by Crippen LogP contribution is -2.41. The van der Waals surface area contributed by atoms with Gasteiger partial charge in [-0.3, -0.25) is 14.4 Å². The molecule has 0 bridgehead atoms. The molecule has 0 saturated carbocycles. The predicted octanol–water partition coefficient (Wildman–Crippen LogP) is 4.52. The highest BCUT2D eigenvalue weighted by Gasteiger charge is 2.38. The molecule has 2 amide bonds. The Kier molecular flexibility index (Phi) is 8.78. The average molecular weight is 590 g/mol. The first-order valence-electron chi connectivity index (χ1n) is 12.5. The summed E-state index contributed by atoms with van der Waals surface area (Å²) in [6, 6.07) is 16.1. The number of ether oxygens (including phenoxy) is 1. The van der Waals surface area contributed by atoms with Crippen molar-refractivity contribution in [1.82, 2.24) is 4.31 Å². The van der Waals surface area contributed by atoms with Gasteiger partial charge in [0.05, 0.1) is 28.6 Å². The van der Waals surface area contributed by atoms with Crippen LogP contribution < -0.4 is 10.6 Å². The Morgan fingerprint density at radius 3 is 2.29 bits per heavy atom. The molecule has 1 aliphatic heterocycles. The summed E-state index contributed by atoms with van der Waals surface area (Å²) < 4.78 is 73.1. The normalized spacial score (nSPS) is 15.5. The van der Waals surface area contributed by atoms with Gasteiger partial charge in [0.2, 0.25) is 15.9 Å². The van der Waals surface area contributed by atoms with Crippen LogP contribution in [0.2, 0.25) is 0 Å². The Balaban J connectivity index is 1.50. The van der Waals surface area contributed by atoms with E-state index in [1.165, 1.54) is 47.6 Å². The van der Waals surface area contributed by atoms with E-state index in [2.05, 4.69) is 10.6 Å². The number of carbonyl (C=O) groups excluding carboxylic acids is 3. The highest BCUT2D eigenvalue weighted by Crippen LogP contribution is 2.37. The molecule has 1 heterocycles. The number of rotatable bonds is 8. The summed E-state index contributed by atoms with van der Waals surface area (Å²) in [7, 11) is -4.11. The number of hydrogen-bond acceptors (Lipinski definition) is 6. The molecule has 9 nitrogen and oxygen atoms in total. The van der Waals surface area contributed by atoms with E-state index in [4.69, 9.17) is 4.74 Å².